The summed E-state index contributed by atoms with van der Waals surface area (Å²) in [4.78, 5) is 14.1. The lowest BCUT2D eigenvalue weighted by Gasteiger charge is -2.32. The van der Waals surface area contributed by atoms with Crippen LogP contribution in [0.4, 0.5) is 0 Å². The number of carbonyl (C=O) groups is 1. The maximum atomic E-state index is 12.7. The van der Waals surface area contributed by atoms with Crippen molar-refractivity contribution in [2.75, 3.05) is 20.1 Å². The van der Waals surface area contributed by atoms with Gasteiger partial charge in [-0.15, -0.1) is 4.40 Å². The first-order valence-corrected chi connectivity index (χ1v) is 10.8. The van der Waals surface area contributed by atoms with Gasteiger partial charge in [0.1, 0.15) is 10.7 Å². The van der Waals surface area contributed by atoms with Gasteiger partial charge in [0.05, 0.1) is 0 Å². The number of piperidine rings is 1. The van der Waals surface area contributed by atoms with Crippen molar-refractivity contribution in [3.63, 3.8) is 0 Å². The lowest BCUT2D eigenvalue weighted by molar-refractivity contribution is -0.125. The van der Waals surface area contributed by atoms with Crippen molar-refractivity contribution < 1.29 is 13.2 Å². The molecule has 0 spiro atoms. The number of carbonyl (C=O) groups excluding carboxylic acids is 1. The Morgan fingerprint density at radius 1 is 1.19 bits per heavy atom. The van der Waals surface area contributed by atoms with Crippen molar-refractivity contribution in [3.05, 3.63) is 41.0 Å². The van der Waals surface area contributed by atoms with Gasteiger partial charge < -0.3 is 10.2 Å². The van der Waals surface area contributed by atoms with Crippen molar-refractivity contribution in [2.24, 2.45) is 10.3 Å². The van der Waals surface area contributed by atoms with Gasteiger partial charge in [0, 0.05) is 31.6 Å². The van der Waals surface area contributed by atoms with Gasteiger partial charge in [-0.25, -0.2) is 0 Å². The Balaban J connectivity index is 1.85. The van der Waals surface area contributed by atoms with Crippen LogP contribution in [-0.4, -0.2) is 45.2 Å². The number of amidine groups is 1. The van der Waals surface area contributed by atoms with E-state index in [9.17, 15) is 13.2 Å². The molecule has 0 atom stereocenters. The fourth-order valence-corrected chi connectivity index (χ4v) is 5.24. The molecule has 1 fully saturated rings. The lowest BCUT2D eigenvalue weighted by atomic mass is 9.95. The third-order valence-corrected chi connectivity index (χ3v) is 6.86. The van der Waals surface area contributed by atoms with Crippen LogP contribution in [0.2, 0.25) is 0 Å². The monoisotopic (exact) mass is 389 g/mol. The zero-order valence-electron chi connectivity index (χ0n) is 16.3. The van der Waals surface area contributed by atoms with Gasteiger partial charge in [-0.05, 0) is 36.8 Å². The second kappa shape index (κ2) is 7.46. The van der Waals surface area contributed by atoms with E-state index in [0.717, 1.165) is 0 Å². The molecular weight excluding hydrogens is 362 g/mol. The first-order chi connectivity index (χ1) is 12.7. The van der Waals surface area contributed by atoms with Gasteiger partial charge in [-0.3, -0.25) is 4.79 Å². The molecule has 6 nitrogen and oxygen atoms in total. The molecule has 2 heterocycles. The molecule has 7 heteroatoms. The summed E-state index contributed by atoms with van der Waals surface area (Å²) in [6, 6.07) is 7.68. The molecular formula is C20H27N3O3S. The van der Waals surface area contributed by atoms with E-state index in [2.05, 4.69) is 23.6 Å². The topological polar surface area (TPSA) is 78.8 Å². The number of nitrogens with one attached hydrogen (secondary N) is 1. The molecule has 0 bridgehead atoms. The van der Waals surface area contributed by atoms with Crippen LogP contribution in [-0.2, 0) is 14.8 Å². The summed E-state index contributed by atoms with van der Waals surface area (Å²) in [5, 5.41) is 2.69. The van der Waals surface area contributed by atoms with Gasteiger partial charge in [0.15, 0.2) is 0 Å². The Morgan fingerprint density at radius 2 is 1.78 bits per heavy atom. The summed E-state index contributed by atoms with van der Waals surface area (Å²) in [6.45, 7) is 7.29. The zero-order valence-corrected chi connectivity index (χ0v) is 17.1. The minimum absolute atomic E-state index is 0.0165. The molecule has 2 aliphatic heterocycles. The maximum absolute atomic E-state index is 12.7. The highest BCUT2D eigenvalue weighted by molar-refractivity contribution is 8.00. The van der Waals surface area contributed by atoms with Crippen LogP contribution < -0.4 is 5.32 Å². The normalized spacial score (nSPS) is 20.2. The molecule has 27 heavy (non-hydrogen) atoms. The van der Waals surface area contributed by atoms with Gasteiger partial charge in [-0.2, -0.15) is 8.42 Å². The smallest absolute Gasteiger partial charge is 0.285 e. The van der Waals surface area contributed by atoms with Crippen molar-refractivity contribution in [1.29, 1.82) is 0 Å². The Morgan fingerprint density at radius 3 is 2.30 bits per heavy atom. The fraction of sp³-hybridized carbons (Fsp3) is 0.500. The van der Waals surface area contributed by atoms with Crippen molar-refractivity contribution in [1.82, 2.24) is 10.2 Å². The predicted molar refractivity (Wildman–Crippen MR) is 108 cm³/mol. The minimum Gasteiger partial charge on any atom is -0.359 e. The van der Waals surface area contributed by atoms with Gasteiger partial charge in [0.25, 0.3) is 10.0 Å². The first kappa shape index (κ1) is 19.6. The van der Waals surface area contributed by atoms with E-state index in [-0.39, 0.29) is 11.8 Å². The largest absolute Gasteiger partial charge is 0.359 e. The standard InChI is InChI=1S/C20H27N3O3S/c1-13(2)15-5-7-16(8-6-15)18-14(3)19(22-27(18,25)26)23-11-9-17(10-12-23)20(24)21-4/h5-8,13,17H,9-12H2,1-4H3,(H,21,24). The molecule has 1 aromatic carbocycles. The number of benzene rings is 1. The molecule has 1 N–H and O–H groups in total. The molecule has 1 amide bonds. The Kier molecular flexibility index (Phi) is 5.42. The summed E-state index contributed by atoms with van der Waals surface area (Å²) >= 11 is 0. The number of likely N-dealkylation sites (tertiary alicyclic amines) is 1. The Labute approximate surface area is 161 Å². The number of rotatable bonds is 3. The number of hydrogen-bond acceptors (Lipinski definition) is 4. The van der Waals surface area contributed by atoms with E-state index in [4.69, 9.17) is 0 Å². The van der Waals surface area contributed by atoms with E-state index in [1.807, 2.05) is 36.1 Å². The molecule has 0 aromatic heterocycles. The highest BCUT2D eigenvalue weighted by atomic mass is 32.2. The van der Waals surface area contributed by atoms with Crippen LogP contribution in [0.3, 0.4) is 0 Å². The number of amides is 1. The fourth-order valence-electron chi connectivity index (χ4n) is 3.76. The van der Waals surface area contributed by atoms with E-state index in [1.54, 1.807) is 7.05 Å². The van der Waals surface area contributed by atoms with Crippen LogP contribution in [0.15, 0.2) is 34.2 Å². The zero-order chi connectivity index (χ0) is 19.8. The predicted octanol–water partition coefficient (Wildman–Crippen LogP) is 2.74. The van der Waals surface area contributed by atoms with Crippen LogP contribution in [0, 0.1) is 5.92 Å². The molecule has 1 saturated heterocycles. The second-order valence-corrected chi connectivity index (χ2v) is 9.04. The van der Waals surface area contributed by atoms with Crippen LogP contribution >= 0.6 is 0 Å². The molecule has 146 valence electrons. The van der Waals surface area contributed by atoms with E-state index >= 15 is 0 Å². The van der Waals surface area contributed by atoms with Gasteiger partial charge in [-0.1, -0.05) is 38.1 Å². The summed E-state index contributed by atoms with van der Waals surface area (Å²) in [7, 11) is -2.06. The number of nitrogens with zero attached hydrogens (tertiary/aromatic N) is 2. The average Bonchev–Trinajstić information content (AvgIpc) is 2.90. The van der Waals surface area contributed by atoms with Crippen molar-refractivity contribution in [3.8, 4) is 0 Å². The molecule has 1 aromatic rings. The highest BCUT2D eigenvalue weighted by Gasteiger charge is 2.35. The van der Waals surface area contributed by atoms with Crippen LogP contribution in [0.1, 0.15) is 50.7 Å². The van der Waals surface area contributed by atoms with Crippen molar-refractivity contribution >= 4 is 26.7 Å². The van der Waals surface area contributed by atoms with Gasteiger partial charge in [0.2, 0.25) is 5.91 Å². The van der Waals surface area contributed by atoms with E-state index in [1.165, 1.54) is 5.56 Å². The molecule has 0 radical (unpaired) electrons. The van der Waals surface area contributed by atoms with Crippen molar-refractivity contribution in [2.45, 2.75) is 39.5 Å². The summed E-state index contributed by atoms with van der Waals surface area (Å²) < 4.78 is 29.5. The molecule has 3 rings (SSSR count). The Hall–Kier alpha value is -2.15. The summed E-state index contributed by atoms with van der Waals surface area (Å²) in [5.41, 5.74) is 2.53. The van der Waals surface area contributed by atoms with Crippen LogP contribution in [0.5, 0.6) is 0 Å². The molecule has 0 saturated carbocycles. The quantitative estimate of drug-likeness (QED) is 0.862. The number of hydrogen-bond donors (Lipinski definition) is 1. The summed E-state index contributed by atoms with van der Waals surface area (Å²) in [6.07, 6.45) is 1.40. The SMILES string of the molecule is CNC(=O)C1CCN(C2=NS(=O)(=O)C(c3ccc(C(C)C)cc3)=C2C)CC1. The second-order valence-electron chi connectivity index (χ2n) is 7.50. The molecule has 2 aliphatic rings. The first-order valence-electron chi connectivity index (χ1n) is 9.37. The minimum atomic E-state index is -3.71. The van der Waals surface area contributed by atoms with Gasteiger partial charge >= 0.3 is 0 Å². The average molecular weight is 390 g/mol. The van der Waals surface area contributed by atoms with Crippen LogP contribution in [0.25, 0.3) is 4.91 Å². The van der Waals surface area contributed by atoms with E-state index in [0.29, 0.717) is 53.7 Å². The highest BCUT2D eigenvalue weighted by Crippen LogP contribution is 2.35. The molecule has 0 aliphatic carbocycles. The maximum Gasteiger partial charge on any atom is 0.285 e. The Bertz CT molecular complexity index is 891. The molecule has 0 unspecified atom stereocenters. The third kappa shape index (κ3) is 3.78. The van der Waals surface area contributed by atoms with E-state index < -0.39 is 10.0 Å². The number of sulfonamides is 1. The lowest BCUT2D eigenvalue weighted by Crippen LogP contribution is -2.42. The summed E-state index contributed by atoms with van der Waals surface area (Å²) in [5.74, 6) is 0.946. The third-order valence-electron chi connectivity index (χ3n) is 5.39.